The molecule has 0 bridgehead atoms. The van der Waals surface area contributed by atoms with Crippen LogP contribution < -0.4 is 4.74 Å². The Balaban J connectivity index is 3.07. The number of hydrogen-bond donors (Lipinski definition) is 0. The van der Waals surface area contributed by atoms with Crippen molar-refractivity contribution in [2.45, 2.75) is 6.61 Å². The minimum atomic E-state index is -3.01. The van der Waals surface area contributed by atoms with Crippen molar-refractivity contribution in [3.8, 4) is 5.75 Å². The molecule has 1 rings (SSSR count). The van der Waals surface area contributed by atoms with Crippen molar-refractivity contribution in [2.24, 2.45) is 0 Å². The second kappa shape index (κ2) is 4.32. The molecule has 0 amide bonds. The van der Waals surface area contributed by atoms with Gasteiger partial charge in [-0.25, -0.2) is 0 Å². The normalized spacial score (nSPS) is 10.3. The van der Waals surface area contributed by atoms with Crippen molar-refractivity contribution in [1.29, 1.82) is 0 Å². The molecular formula is C7H4BrF2NO3. The molecule has 1 aromatic carbocycles. The zero-order valence-corrected chi connectivity index (χ0v) is 8.20. The van der Waals surface area contributed by atoms with Crippen LogP contribution in [0.5, 0.6) is 5.75 Å². The summed E-state index contributed by atoms with van der Waals surface area (Å²) in [7, 11) is 0. The molecule has 7 heteroatoms. The van der Waals surface area contributed by atoms with Crippen LogP contribution in [0.3, 0.4) is 0 Å². The lowest BCUT2D eigenvalue weighted by molar-refractivity contribution is -0.385. The van der Waals surface area contributed by atoms with Crippen LogP contribution in [0.2, 0.25) is 0 Å². The van der Waals surface area contributed by atoms with Gasteiger partial charge in [-0.15, -0.1) is 0 Å². The van der Waals surface area contributed by atoms with E-state index in [4.69, 9.17) is 0 Å². The Labute approximate surface area is 85.8 Å². The molecule has 0 unspecified atom stereocenters. The molecule has 0 atom stereocenters. The smallest absolute Gasteiger partial charge is 0.387 e. The lowest BCUT2D eigenvalue weighted by Crippen LogP contribution is -2.03. The minimum absolute atomic E-state index is 0.0923. The van der Waals surface area contributed by atoms with E-state index in [0.717, 1.165) is 0 Å². The van der Waals surface area contributed by atoms with E-state index in [1.165, 1.54) is 18.2 Å². The molecule has 0 saturated carbocycles. The van der Waals surface area contributed by atoms with Crippen molar-refractivity contribution in [3.63, 3.8) is 0 Å². The first-order valence-electron chi connectivity index (χ1n) is 3.40. The van der Waals surface area contributed by atoms with Crippen LogP contribution in [0, 0.1) is 10.1 Å². The van der Waals surface area contributed by atoms with Crippen molar-refractivity contribution in [1.82, 2.24) is 0 Å². The first-order valence-corrected chi connectivity index (χ1v) is 4.19. The van der Waals surface area contributed by atoms with E-state index in [-0.39, 0.29) is 15.9 Å². The summed E-state index contributed by atoms with van der Waals surface area (Å²) in [5.41, 5.74) is -0.317. The number of ether oxygens (including phenoxy) is 1. The summed E-state index contributed by atoms with van der Waals surface area (Å²) in [6.07, 6.45) is 0. The second-order valence-corrected chi connectivity index (χ2v) is 3.02. The monoisotopic (exact) mass is 267 g/mol. The van der Waals surface area contributed by atoms with E-state index in [1.807, 2.05) is 0 Å². The highest BCUT2D eigenvalue weighted by molar-refractivity contribution is 9.10. The Hall–Kier alpha value is -1.24. The summed E-state index contributed by atoms with van der Waals surface area (Å²) < 4.78 is 27.6. The van der Waals surface area contributed by atoms with Gasteiger partial charge in [-0.1, -0.05) is 6.07 Å². The minimum Gasteiger partial charge on any atom is -0.433 e. The van der Waals surface area contributed by atoms with Crippen molar-refractivity contribution >= 4 is 21.6 Å². The largest absolute Gasteiger partial charge is 0.433 e. The number of nitro groups is 1. The van der Waals surface area contributed by atoms with Crippen LogP contribution in [-0.2, 0) is 0 Å². The van der Waals surface area contributed by atoms with E-state index in [1.54, 1.807) is 0 Å². The molecule has 0 aliphatic heterocycles. The van der Waals surface area contributed by atoms with E-state index in [9.17, 15) is 18.9 Å². The predicted octanol–water partition coefficient (Wildman–Crippen LogP) is 2.96. The predicted molar refractivity (Wildman–Crippen MR) is 47.4 cm³/mol. The van der Waals surface area contributed by atoms with Gasteiger partial charge in [0.2, 0.25) is 0 Å². The van der Waals surface area contributed by atoms with Crippen LogP contribution in [-0.4, -0.2) is 11.5 Å². The highest BCUT2D eigenvalue weighted by Crippen LogP contribution is 2.34. The summed E-state index contributed by atoms with van der Waals surface area (Å²) in [5, 5.41) is 10.4. The van der Waals surface area contributed by atoms with E-state index < -0.39 is 11.5 Å². The number of nitro benzene ring substituents is 1. The number of benzene rings is 1. The average Bonchev–Trinajstić information content (AvgIpc) is 2.07. The fourth-order valence-corrected chi connectivity index (χ4v) is 1.33. The molecular weight excluding hydrogens is 264 g/mol. The van der Waals surface area contributed by atoms with Gasteiger partial charge < -0.3 is 4.74 Å². The van der Waals surface area contributed by atoms with Crippen LogP contribution in [0.1, 0.15) is 0 Å². The van der Waals surface area contributed by atoms with E-state index >= 15 is 0 Å². The summed E-state index contributed by atoms with van der Waals surface area (Å²) in [5.74, 6) is -0.255. The highest BCUT2D eigenvalue weighted by atomic mass is 79.9. The summed E-state index contributed by atoms with van der Waals surface area (Å²) in [4.78, 5) is 9.70. The summed E-state index contributed by atoms with van der Waals surface area (Å²) in [6, 6.07) is 3.66. The fourth-order valence-electron chi connectivity index (χ4n) is 0.827. The molecule has 1 aromatic rings. The van der Waals surface area contributed by atoms with Crippen LogP contribution in [0.15, 0.2) is 22.7 Å². The van der Waals surface area contributed by atoms with Gasteiger partial charge in [0.25, 0.3) is 5.69 Å². The molecule has 0 N–H and O–H groups in total. The summed E-state index contributed by atoms with van der Waals surface area (Å²) in [6.45, 7) is -3.01. The highest BCUT2D eigenvalue weighted by Gasteiger charge is 2.17. The Bertz CT molecular complexity index is 359. The molecule has 4 nitrogen and oxygen atoms in total. The lowest BCUT2D eigenvalue weighted by Gasteiger charge is -2.05. The molecule has 0 aliphatic rings. The fraction of sp³-hybridized carbons (Fsp3) is 0.143. The quantitative estimate of drug-likeness (QED) is 0.625. The number of nitrogens with zero attached hydrogens (tertiary/aromatic N) is 1. The third-order valence-corrected chi connectivity index (χ3v) is 2.15. The summed E-state index contributed by atoms with van der Waals surface area (Å²) >= 11 is 2.81. The zero-order chi connectivity index (χ0) is 10.7. The van der Waals surface area contributed by atoms with Crippen molar-refractivity contribution in [3.05, 3.63) is 32.8 Å². The van der Waals surface area contributed by atoms with Gasteiger partial charge in [-0.05, 0) is 22.0 Å². The molecule has 0 heterocycles. The maximum Gasteiger partial charge on any atom is 0.387 e. The first kappa shape index (κ1) is 10.8. The number of rotatable bonds is 3. The van der Waals surface area contributed by atoms with Gasteiger partial charge in [0.05, 0.1) is 4.92 Å². The first-order chi connectivity index (χ1) is 6.52. The Morgan fingerprint density at radius 1 is 1.50 bits per heavy atom. The van der Waals surface area contributed by atoms with Crippen LogP contribution in [0.4, 0.5) is 14.5 Å². The van der Waals surface area contributed by atoms with E-state index in [2.05, 4.69) is 20.7 Å². The second-order valence-electron chi connectivity index (χ2n) is 2.22. The number of alkyl halides is 2. The molecule has 0 aromatic heterocycles. The lowest BCUT2D eigenvalue weighted by atomic mass is 10.3. The maximum atomic E-state index is 11.8. The maximum absolute atomic E-state index is 11.8. The van der Waals surface area contributed by atoms with Crippen LogP contribution >= 0.6 is 15.9 Å². The molecule has 0 radical (unpaired) electrons. The topological polar surface area (TPSA) is 52.4 Å². The van der Waals surface area contributed by atoms with Gasteiger partial charge in [-0.2, -0.15) is 8.78 Å². The number of hydrogen-bond acceptors (Lipinski definition) is 3. The standard InChI is InChI=1S/C7H4BrF2NO3/c8-6-4(11(12)13)2-1-3-5(6)14-7(9)10/h1-3,7H. The molecule has 0 spiro atoms. The van der Waals surface area contributed by atoms with Crippen molar-refractivity contribution in [2.75, 3.05) is 0 Å². The molecule has 0 saturated heterocycles. The Morgan fingerprint density at radius 2 is 2.14 bits per heavy atom. The third-order valence-electron chi connectivity index (χ3n) is 1.36. The SMILES string of the molecule is O=[N+]([O-])c1cccc(OC(F)F)c1Br. The third kappa shape index (κ3) is 2.38. The molecule has 0 aliphatic carbocycles. The van der Waals surface area contributed by atoms with Gasteiger partial charge >= 0.3 is 6.61 Å². The number of halogens is 3. The molecule has 0 fully saturated rings. The Morgan fingerprint density at radius 3 is 2.64 bits per heavy atom. The molecule has 14 heavy (non-hydrogen) atoms. The van der Waals surface area contributed by atoms with Gasteiger partial charge in [-0.3, -0.25) is 10.1 Å². The van der Waals surface area contributed by atoms with Crippen LogP contribution in [0.25, 0.3) is 0 Å². The van der Waals surface area contributed by atoms with Gasteiger partial charge in [0, 0.05) is 6.07 Å². The van der Waals surface area contributed by atoms with E-state index in [0.29, 0.717) is 0 Å². The average molecular weight is 268 g/mol. The molecule has 76 valence electrons. The Kier molecular flexibility index (Phi) is 3.34. The van der Waals surface area contributed by atoms with Gasteiger partial charge in [0.1, 0.15) is 10.2 Å². The zero-order valence-electron chi connectivity index (χ0n) is 6.62. The van der Waals surface area contributed by atoms with Crippen molar-refractivity contribution < 1.29 is 18.4 Å². The van der Waals surface area contributed by atoms with Gasteiger partial charge in [0.15, 0.2) is 0 Å².